The number of hydrogen-bond donors (Lipinski definition) is 1. The van der Waals surface area contributed by atoms with Crippen LogP contribution < -0.4 is 0 Å². The zero-order valence-electron chi connectivity index (χ0n) is 8.80. The van der Waals surface area contributed by atoms with Crippen molar-refractivity contribution in [3.8, 4) is 0 Å². The first kappa shape index (κ1) is 9.17. The zero-order chi connectivity index (χ0) is 9.65. The van der Waals surface area contributed by atoms with E-state index in [1.807, 2.05) is 0 Å². The van der Waals surface area contributed by atoms with Crippen LogP contribution >= 0.6 is 0 Å². The van der Waals surface area contributed by atoms with Crippen LogP contribution in [0.4, 0.5) is 0 Å². The Balaban J connectivity index is 1.89. The molecule has 3 rings (SSSR count). The predicted molar refractivity (Wildman–Crippen MR) is 53.8 cm³/mol. The molecule has 0 radical (unpaired) electrons. The lowest BCUT2D eigenvalue weighted by Gasteiger charge is -2.56. The van der Waals surface area contributed by atoms with E-state index in [-0.39, 0.29) is 5.60 Å². The summed E-state index contributed by atoms with van der Waals surface area (Å²) in [5, 5.41) is 10.2. The summed E-state index contributed by atoms with van der Waals surface area (Å²) in [6.45, 7) is 0. The molecule has 2 heterocycles. The molecule has 3 fully saturated rings. The van der Waals surface area contributed by atoms with Crippen LogP contribution in [-0.2, 0) is 4.74 Å². The molecule has 80 valence electrons. The van der Waals surface area contributed by atoms with Crippen molar-refractivity contribution < 1.29 is 9.84 Å². The molecular weight excluding hydrogens is 176 g/mol. The van der Waals surface area contributed by atoms with Gasteiger partial charge in [0.25, 0.3) is 0 Å². The molecule has 2 nitrogen and oxygen atoms in total. The number of ether oxygens (including phenoxy) is 1. The van der Waals surface area contributed by atoms with Gasteiger partial charge in [-0.3, -0.25) is 0 Å². The van der Waals surface area contributed by atoms with Crippen LogP contribution in [0.5, 0.6) is 0 Å². The van der Waals surface area contributed by atoms with E-state index in [9.17, 15) is 5.11 Å². The van der Waals surface area contributed by atoms with Crippen LogP contribution in [0.2, 0.25) is 0 Å². The maximum Gasteiger partial charge on any atom is 0.166 e. The van der Waals surface area contributed by atoms with Crippen molar-refractivity contribution >= 4 is 0 Å². The lowest BCUT2D eigenvalue weighted by Crippen LogP contribution is -2.57. The first-order valence-electron chi connectivity index (χ1n) is 6.15. The molecule has 1 N–H and O–H groups in total. The highest BCUT2D eigenvalue weighted by atomic mass is 16.6. The fourth-order valence-electron chi connectivity index (χ4n) is 3.87. The molecule has 0 aromatic carbocycles. The summed E-state index contributed by atoms with van der Waals surface area (Å²) in [7, 11) is 0. The fourth-order valence-corrected chi connectivity index (χ4v) is 3.87. The molecule has 0 aromatic rings. The Kier molecular flexibility index (Phi) is 1.94. The second kappa shape index (κ2) is 2.96. The van der Waals surface area contributed by atoms with Gasteiger partial charge in [0.2, 0.25) is 0 Å². The number of rotatable bonds is 0. The van der Waals surface area contributed by atoms with Crippen molar-refractivity contribution in [3.63, 3.8) is 0 Å². The van der Waals surface area contributed by atoms with Crippen LogP contribution in [0, 0.1) is 5.92 Å². The Bertz CT molecular complexity index is 236. The lowest BCUT2D eigenvalue weighted by molar-refractivity contribution is -0.338. The molecular formula is C12H20O2. The third-order valence-corrected chi connectivity index (χ3v) is 4.59. The van der Waals surface area contributed by atoms with Gasteiger partial charge in [0, 0.05) is 12.8 Å². The minimum absolute atomic E-state index is 0.0868. The van der Waals surface area contributed by atoms with Gasteiger partial charge in [-0.2, -0.15) is 0 Å². The molecule has 0 aromatic heterocycles. The summed E-state index contributed by atoms with van der Waals surface area (Å²) in [4.78, 5) is 0. The molecule has 0 amide bonds. The molecule has 2 heteroatoms. The highest BCUT2D eigenvalue weighted by Crippen LogP contribution is 2.53. The van der Waals surface area contributed by atoms with Gasteiger partial charge in [0.1, 0.15) is 0 Å². The first-order valence-corrected chi connectivity index (χ1v) is 6.15. The normalized spacial score (nSPS) is 52.5. The first-order chi connectivity index (χ1) is 6.73. The Labute approximate surface area is 85.6 Å². The van der Waals surface area contributed by atoms with Crippen LogP contribution in [0.3, 0.4) is 0 Å². The Morgan fingerprint density at radius 1 is 0.929 bits per heavy atom. The summed E-state index contributed by atoms with van der Waals surface area (Å²) in [5.41, 5.74) is 0.0868. The van der Waals surface area contributed by atoms with Gasteiger partial charge in [-0.25, -0.2) is 0 Å². The van der Waals surface area contributed by atoms with Gasteiger partial charge >= 0.3 is 0 Å². The largest absolute Gasteiger partial charge is 0.365 e. The molecule has 2 aliphatic heterocycles. The van der Waals surface area contributed by atoms with Crippen molar-refractivity contribution in [2.45, 2.75) is 69.2 Å². The minimum atomic E-state index is -0.744. The van der Waals surface area contributed by atoms with E-state index in [0.29, 0.717) is 0 Å². The van der Waals surface area contributed by atoms with Crippen LogP contribution in [0.1, 0.15) is 57.8 Å². The van der Waals surface area contributed by atoms with Gasteiger partial charge in [-0.05, 0) is 38.0 Å². The average Bonchev–Trinajstić information content (AvgIpc) is 2.16. The monoisotopic (exact) mass is 196 g/mol. The van der Waals surface area contributed by atoms with E-state index in [0.717, 1.165) is 25.2 Å². The van der Waals surface area contributed by atoms with Crippen molar-refractivity contribution in [2.24, 2.45) is 5.92 Å². The fraction of sp³-hybridized carbons (Fsp3) is 1.00. The van der Waals surface area contributed by atoms with Gasteiger partial charge in [0.15, 0.2) is 5.79 Å². The van der Waals surface area contributed by atoms with Gasteiger partial charge in [-0.1, -0.05) is 12.8 Å². The van der Waals surface area contributed by atoms with Crippen molar-refractivity contribution in [1.82, 2.24) is 0 Å². The standard InChI is InChI=1S/C12H20O2/c13-12-8-3-7-11(14-12)6-2-1-4-10(11)5-9-12/h10,13H,1-9H2/t10-,11+,12-/m1/s1. The number of fused-ring (bicyclic) bond motifs is 1. The van der Waals surface area contributed by atoms with E-state index in [1.165, 1.54) is 38.5 Å². The third-order valence-electron chi connectivity index (χ3n) is 4.59. The average molecular weight is 196 g/mol. The van der Waals surface area contributed by atoms with E-state index in [4.69, 9.17) is 4.74 Å². The van der Waals surface area contributed by atoms with E-state index >= 15 is 0 Å². The molecule has 3 atom stereocenters. The quantitative estimate of drug-likeness (QED) is 0.645. The van der Waals surface area contributed by atoms with Crippen molar-refractivity contribution in [1.29, 1.82) is 0 Å². The molecule has 1 saturated carbocycles. The molecule has 2 bridgehead atoms. The maximum atomic E-state index is 10.2. The zero-order valence-corrected chi connectivity index (χ0v) is 8.80. The summed E-state index contributed by atoms with van der Waals surface area (Å²) < 4.78 is 6.06. The van der Waals surface area contributed by atoms with Crippen molar-refractivity contribution in [3.05, 3.63) is 0 Å². The minimum Gasteiger partial charge on any atom is -0.365 e. The maximum absolute atomic E-state index is 10.2. The third kappa shape index (κ3) is 1.24. The van der Waals surface area contributed by atoms with Gasteiger partial charge in [0.05, 0.1) is 5.60 Å². The summed E-state index contributed by atoms with van der Waals surface area (Å²) in [6.07, 6.45) is 10.5. The van der Waals surface area contributed by atoms with Gasteiger partial charge < -0.3 is 9.84 Å². The smallest absolute Gasteiger partial charge is 0.166 e. The van der Waals surface area contributed by atoms with Crippen LogP contribution in [0.15, 0.2) is 0 Å². The molecule has 2 saturated heterocycles. The Morgan fingerprint density at radius 3 is 2.71 bits per heavy atom. The second-order valence-corrected chi connectivity index (χ2v) is 5.45. The van der Waals surface area contributed by atoms with E-state index < -0.39 is 5.79 Å². The molecule has 14 heavy (non-hydrogen) atoms. The molecule has 0 unspecified atom stereocenters. The van der Waals surface area contributed by atoms with E-state index in [1.54, 1.807) is 0 Å². The predicted octanol–water partition coefficient (Wildman–Crippen LogP) is 2.60. The summed E-state index contributed by atoms with van der Waals surface area (Å²) in [6, 6.07) is 0. The van der Waals surface area contributed by atoms with E-state index in [2.05, 4.69) is 0 Å². The Morgan fingerprint density at radius 2 is 1.79 bits per heavy atom. The molecule has 3 aliphatic rings. The molecule has 1 aliphatic carbocycles. The lowest BCUT2D eigenvalue weighted by atomic mass is 9.66. The van der Waals surface area contributed by atoms with Crippen LogP contribution in [0.25, 0.3) is 0 Å². The highest BCUT2D eigenvalue weighted by Gasteiger charge is 2.53. The summed E-state index contributed by atoms with van der Waals surface area (Å²) in [5.74, 6) is 0.00310. The van der Waals surface area contributed by atoms with Crippen LogP contribution in [-0.4, -0.2) is 16.5 Å². The highest BCUT2D eigenvalue weighted by molar-refractivity contribution is 5.00. The second-order valence-electron chi connectivity index (χ2n) is 5.45. The summed E-state index contributed by atoms with van der Waals surface area (Å²) >= 11 is 0. The Hall–Kier alpha value is -0.0800. The SMILES string of the molecule is O[C@@]12CCC[C@]3(CCCC[C@@H]3CC1)O2. The number of hydrogen-bond acceptors (Lipinski definition) is 2. The topological polar surface area (TPSA) is 29.5 Å². The van der Waals surface area contributed by atoms with Crippen molar-refractivity contribution in [2.75, 3.05) is 0 Å². The molecule has 1 spiro atoms. The number of aliphatic hydroxyl groups is 1. The van der Waals surface area contributed by atoms with Gasteiger partial charge in [-0.15, -0.1) is 0 Å².